The van der Waals surface area contributed by atoms with E-state index in [2.05, 4.69) is 4.74 Å². The number of β-lactam (4-membered cyclic amide) rings is 1. The highest BCUT2D eigenvalue weighted by molar-refractivity contribution is 8.12. The Balaban J connectivity index is 2.17. The van der Waals surface area contributed by atoms with Crippen LogP contribution >= 0.6 is 11.9 Å². The smallest absolute Gasteiger partial charge is 0.303 e. The molecule has 0 spiro atoms. The Hall–Kier alpha value is -1.04. The van der Waals surface area contributed by atoms with E-state index in [1.807, 2.05) is 0 Å². The van der Waals surface area contributed by atoms with E-state index >= 15 is 0 Å². The molecule has 13 heavy (non-hydrogen) atoms. The second kappa shape index (κ2) is 4.27. The molecule has 1 amide bonds. The van der Waals surface area contributed by atoms with E-state index in [-0.39, 0.29) is 17.6 Å². The minimum atomic E-state index is -0.496. The minimum absolute atomic E-state index is 0.0545. The van der Waals surface area contributed by atoms with E-state index in [0.29, 0.717) is 13.0 Å². The molecule has 0 unspecified atom stereocenters. The molecule has 0 bridgehead atoms. The van der Waals surface area contributed by atoms with Gasteiger partial charge in [0.25, 0.3) is 0 Å². The van der Waals surface area contributed by atoms with Crippen LogP contribution in [-0.2, 0) is 19.1 Å². The fraction of sp³-hybridized carbons (Fsp3) is 0.571. The van der Waals surface area contributed by atoms with Crippen molar-refractivity contribution in [2.45, 2.75) is 13.3 Å². The van der Waals surface area contributed by atoms with Gasteiger partial charge in [-0.05, 0) is 0 Å². The number of esters is 1. The van der Waals surface area contributed by atoms with Crippen LogP contribution in [0.2, 0.25) is 0 Å². The van der Waals surface area contributed by atoms with E-state index in [1.165, 1.54) is 11.2 Å². The fourth-order valence-electron chi connectivity index (χ4n) is 0.701. The van der Waals surface area contributed by atoms with Crippen LogP contribution in [0.25, 0.3) is 0 Å². The number of nitrogens with zero attached hydrogens (tertiary/aromatic N) is 1. The van der Waals surface area contributed by atoms with E-state index in [4.69, 9.17) is 0 Å². The standard InChI is InChI=1S/C7H9NO4S/c1-5(9)12-4-7(11)13-8-3-2-6(8)10/h2-4H2,1H3. The quantitative estimate of drug-likeness (QED) is 0.366. The summed E-state index contributed by atoms with van der Waals surface area (Å²) < 4.78 is 5.81. The molecule has 1 heterocycles. The second-order valence-electron chi connectivity index (χ2n) is 2.49. The average molecular weight is 203 g/mol. The molecule has 0 aromatic heterocycles. The molecule has 0 atom stereocenters. The van der Waals surface area contributed by atoms with Crippen LogP contribution in [0.5, 0.6) is 0 Å². The van der Waals surface area contributed by atoms with Gasteiger partial charge < -0.3 is 4.74 Å². The first-order chi connectivity index (χ1) is 6.09. The zero-order valence-corrected chi connectivity index (χ0v) is 7.93. The van der Waals surface area contributed by atoms with Crippen LogP contribution in [0.15, 0.2) is 0 Å². The summed E-state index contributed by atoms with van der Waals surface area (Å²) in [5, 5.41) is -0.330. The molecule has 0 saturated carbocycles. The molecule has 72 valence electrons. The molecular weight excluding hydrogens is 194 g/mol. The third-order valence-corrected chi connectivity index (χ3v) is 2.34. The van der Waals surface area contributed by atoms with E-state index in [9.17, 15) is 14.4 Å². The summed E-state index contributed by atoms with van der Waals surface area (Å²) in [5.74, 6) is -0.551. The number of hydrogen-bond donors (Lipinski definition) is 0. The number of hydrogen-bond acceptors (Lipinski definition) is 5. The third-order valence-electron chi connectivity index (χ3n) is 1.41. The van der Waals surface area contributed by atoms with Gasteiger partial charge in [-0.25, -0.2) is 0 Å². The van der Waals surface area contributed by atoms with Gasteiger partial charge in [0, 0.05) is 31.8 Å². The van der Waals surface area contributed by atoms with Crippen molar-refractivity contribution in [3.8, 4) is 0 Å². The van der Waals surface area contributed by atoms with Gasteiger partial charge in [0.05, 0.1) is 0 Å². The highest BCUT2D eigenvalue weighted by Crippen LogP contribution is 2.20. The van der Waals surface area contributed by atoms with Gasteiger partial charge in [-0.2, -0.15) is 0 Å². The summed E-state index contributed by atoms with van der Waals surface area (Å²) in [6, 6.07) is 0. The first-order valence-corrected chi connectivity index (χ1v) is 4.51. The predicted octanol–water partition coefficient (Wildman–Crippen LogP) is -0.0434. The second-order valence-corrected chi connectivity index (χ2v) is 3.57. The molecule has 0 radical (unpaired) electrons. The lowest BCUT2D eigenvalue weighted by atomic mass is 10.3. The molecular formula is C7H9NO4S. The van der Waals surface area contributed by atoms with Gasteiger partial charge in [-0.15, -0.1) is 0 Å². The third kappa shape index (κ3) is 3.06. The summed E-state index contributed by atoms with van der Waals surface area (Å²) in [7, 11) is 0. The number of ether oxygens (including phenoxy) is 1. The number of carbonyl (C=O) groups is 3. The molecule has 0 N–H and O–H groups in total. The fourth-order valence-corrected chi connectivity index (χ4v) is 1.43. The molecule has 0 aliphatic carbocycles. The highest BCUT2D eigenvalue weighted by atomic mass is 32.2. The maximum absolute atomic E-state index is 11.0. The Morgan fingerprint density at radius 3 is 2.69 bits per heavy atom. The molecule has 1 fully saturated rings. The first kappa shape index (κ1) is 10.0. The molecule has 5 nitrogen and oxygen atoms in total. The van der Waals surface area contributed by atoms with Gasteiger partial charge in [-0.1, -0.05) is 0 Å². The maximum Gasteiger partial charge on any atom is 0.303 e. The van der Waals surface area contributed by atoms with E-state index in [1.54, 1.807) is 0 Å². The van der Waals surface area contributed by atoms with Gasteiger partial charge in [0.15, 0.2) is 6.61 Å². The molecule has 1 rings (SSSR count). The van der Waals surface area contributed by atoms with Crippen molar-refractivity contribution in [2.75, 3.05) is 13.2 Å². The lowest BCUT2D eigenvalue weighted by Gasteiger charge is -2.27. The lowest BCUT2D eigenvalue weighted by Crippen LogP contribution is -2.39. The molecule has 6 heteroatoms. The monoisotopic (exact) mass is 203 g/mol. The van der Waals surface area contributed by atoms with Gasteiger partial charge in [0.1, 0.15) is 0 Å². The van der Waals surface area contributed by atoms with E-state index < -0.39 is 5.97 Å². The van der Waals surface area contributed by atoms with Gasteiger partial charge in [-0.3, -0.25) is 18.7 Å². The summed E-state index contributed by atoms with van der Waals surface area (Å²) in [6.45, 7) is 1.55. The molecule has 1 aliphatic rings. The van der Waals surface area contributed by atoms with Gasteiger partial charge in [0.2, 0.25) is 11.0 Å². The van der Waals surface area contributed by atoms with E-state index in [0.717, 1.165) is 11.9 Å². The Morgan fingerprint density at radius 1 is 1.62 bits per heavy atom. The normalized spacial score (nSPS) is 15.2. The van der Waals surface area contributed by atoms with Crippen LogP contribution in [-0.4, -0.2) is 34.4 Å². The molecule has 0 aromatic carbocycles. The lowest BCUT2D eigenvalue weighted by molar-refractivity contribution is -0.143. The van der Waals surface area contributed by atoms with Crippen LogP contribution in [0.1, 0.15) is 13.3 Å². The number of rotatable bonds is 3. The maximum atomic E-state index is 11.0. The summed E-state index contributed by atoms with van der Waals surface area (Å²) >= 11 is 0.804. The average Bonchev–Trinajstić information content (AvgIpc) is 2.08. The van der Waals surface area contributed by atoms with Crippen molar-refractivity contribution in [1.82, 2.24) is 4.31 Å². The summed E-state index contributed by atoms with van der Waals surface area (Å²) in [4.78, 5) is 32.1. The van der Waals surface area contributed by atoms with Crippen LogP contribution in [0.4, 0.5) is 0 Å². The summed E-state index contributed by atoms with van der Waals surface area (Å²) in [6.07, 6.45) is 0.494. The highest BCUT2D eigenvalue weighted by Gasteiger charge is 2.27. The number of amides is 1. The van der Waals surface area contributed by atoms with Crippen molar-refractivity contribution in [1.29, 1.82) is 0 Å². The van der Waals surface area contributed by atoms with Crippen molar-refractivity contribution in [3.63, 3.8) is 0 Å². The zero-order valence-electron chi connectivity index (χ0n) is 7.11. The topological polar surface area (TPSA) is 63.7 Å². The molecule has 1 saturated heterocycles. The number of carbonyl (C=O) groups excluding carboxylic acids is 3. The SMILES string of the molecule is CC(=O)OCC(=O)SN1CCC1=O. The molecule has 1 aliphatic heterocycles. The minimum Gasteiger partial charge on any atom is -0.457 e. The van der Waals surface area contributed by atoms with Gasteiger partial charge >= 0.3 is 5.97 Å². The van der Waals surface area contributed by atoms with Crippen molar-refractivity contribution >= 4 is 28.9 Å². The van der Waals surface area contributed by atoms with Crippen molar-refractivity contribution < 1.29 is 19.1 Å². The molecule has 0 aromatic rings. The van der Waals surface area contributed by atoms with Crippen LogP contribution in [0.3, 0.4) is 0 Å². The van der Waals surface area contributed by atoms with Crippen LogP contribution in [0, 0.1) is 0 Å². The van der Waals surface area contributed by atoms with Crippen molar-refractivity contribution in [2.24, 2.45) is 0 Å². The first-order valence-electron chi connectivity index (χ1n) is 3.74. The summed E-state index contributed by atoms with van der Waals surface area (Å²) in [5.41, 5.74) is 0. The Morgan fingerprint density at radius 2 is 2.31 bits per heavy atom. The van der Waals surface area contributed by atoms with Crippen LogP contribution < -0.4 is 0 Å². The predicted molar refractivity (Wildman–Crippen MR) is 45.6 cm³/mol. The Kier molecular flexibility index (Phi) is 3.30. The largest absolute Gasteiger partial charge is 0.457 e. The Bertz CT molecular complexity index is 253. The Labute approximate surface area is 79.5 Å². The van der Waals surface area contributed by atoms with Crippen molar-refractivity contribution in [3.05, 3.63) is 0 Å². The zero-order chi connectivity index (χ0) is 9.84.